The predicted octanol–water partition coefficient (Wildman–Crippen LogP) is 5.49. The molecule has 3 aliphatic heterocycles. The minimum atomic E-state index is -0.429. The van der Waals surface area contributed by atoms with Gasteiger partial charge in [-0.05, 0) is 40.5 Å². The van der Waals surface area contributed by atoms with Crippen molar-refractivity contribution in [1.29, 1.82) is 0 Å². The summed E-state index contributed by atoms with van der Waals surface area (Å²) < 4.78 is 11.7. The lowest BCUT2D eigenvalue weighted by atomic mass is 9.27. The van der Waals surface area contributed by atoms with E-state index in [-0.39, 0.29) is 18.3 Å². The van der Waals surface area contributed by atoms with Crippen molar-refractivity contribution in [3.63, 3.8) is 0 Å². The molecule has 3 saturated heterocycles. The maximum absolute atomic E-state index is 12.2. The molecule has 0 saturated carbocycles. The molecule has 3 heterocycles. The lowest BCUT2D eigenvalue weighted by Crippen LogP contribution is -2.43. The monoisotopic (exact) mass is 375 g/mol. The Morgan fingerprint density at radius 3 is 2.11 bits per heavy atom. The van der Waals surface area contributed by atoms with Gasteiger partial charge in [-0.25, -0.2) is 4.79 Å². The first-order valence-corrected chi connectivity index (χ1v) is 11.1. The van der Waals surface area contributed by atoms with Crippen LogP contribution in [-0.4, -0.2) is 48.6 Å². The number of ether oxygens (including phenoxy) is 2. The van der Waals surface area contributed by atoms with Crippen molar-refractivity contribution in [3.05, 3.63) is 12.1 Å². The van der Waals surface area contributed by atoms with E-state index in [0.29, 0.717) is 0 Å². The number of piperidine rings is 1. The number of amides is 1. The molecule has 1 atom stereocenters. The fourth-order valence-electron chi connectivity index (χ4n) is 5.18. The molecule has 3 fully saturated rings. The van der Waals surface area contributed by atoms with Crippen LogP contribution < -0.4 is 0 Å². The van der Waals surface area contributed by atoms with E-state index in [4.69, 9.17) is 9.47 Å². The molecule has 0 spiro atoms. The van der Waals surface area contributed by atoms with Gasteiger partial charge in [0.2, 0.25) is 0 Å². The number of likely N-dealkylation sites (tertiary alicyclic amines) is 1. The Balaban J connectivity index is 1.42. The summed E-state index contributed by atoms with van der Waals surface area (Å²) >= 11 is 0. The Labute approximate surface area is 166 Å². The number of carbonyl (C=O) groups excluding carboxylic acids is 1. The van der Waals surface area contributed by atoms with E-state index in [0.717, 1.165) is 44.3 Å². The summed E-state index contributed by atoms with van der Waals surface area (Å²) in [5, 5.41) is 0. The lowest BCUT2D eigenvalue weighted by molar-refractivity contribution is -0.0252. The molecule has 3 aliphatic rings. The van der Waals surface area contributed by atoms with Crippen molar-refractivity contribution in [1.82, 2.24) is 4.90 Å². The van der Waals surface area contributed by atoms with Crippen molar-refractivity contribution >= 4 is 12.8 Å². The molecule has 0 aromatic rings. The van der Waals surface area contributed by atoms with E-state index < -0.39 is 5.60 Å². The third-order valence-corrected chi connectivity index (χ3v) is 6.49. The summed E-state index contributed by atoms with van der Waals surface area (Å²) in [6, 6.07) is 0. The van der Waals surface area contributed by atoms with Gasteiger partial charge in [-0.1, -0.05) is 56.2 Å². The molecule has 0 aromatic heterocycles. The van der Waals surface area contributed by atoms with Crippen LogP contribution >= 0.6 is 0 Å². The van der Waals surface area contributed by atoms with Gasteiger partial charge in [0.05, 0.1) is 12.2 Å². The summed E-state index contributed by atoms with van der Waals surface area (Å²) in [6.07, 6.45) is 12.9. The standard InChI is InChI=1S/C22H38BNO3/c1-17(11-14-23-18-7-5-8-19(23)10-6-9-18)26-20-12-15-24(16-13-20)21(25)27-22(2,3)4/h11,14,17-20H,5-10,12-13,15-16H2,1-4H3. The number of hydrogen-bond donors (Lipinski definition) is 0. The quantitative estimate of drug-likeness (QED) is 0.610. The number of hydrogen-bond acceptors (Lipinski definition) is 3. The SMILES string of the molecule is CC(C=CB1C2CCCC1CCC2)OC1CCN(C(=O)OC(C)(C)C)CC1. The molecule has 0 aliphatic carbocycles. The normalized spacial score (nSPS) is 28.4. The number of fused-ring (bicyclic) bond motifs is 2. The fraction of sp³-hybridized carbons (Fsp3) is 0.864. The van der Waals surface area contributed by atoms with Crippen LogP contribution in [0.15, 0.2) is 12.1 Å². The Kier molecular flexibility index (Phi) is 6.94. The summed E-state index contributed by atoms with van der Waals surface area (Å²) in [7, 11) is 0. The molecule has 27 heavy (non-hydrogen) atoms. The van der Waals surface area contributed by atoms with Crippen LogP contribution in [0.2, 0.25) is 11.6 Å². The molecule has 0 radical (unpaired) electrons. The summed E-state index contributed by atoms with van der Waals surface area (Å²) in [4.78, 5) is 14.0. The van der Waals surface area contributed by atoms with Crippen LogP contribution in [0, 0.1) is 0 Å². The van der Waals surface area contributed by atoms with Gasteiger partial charge in [0.15, 0.2) is 6.71 Å². The van der Waals surface area contributed by atoms with Gasteiger partial charge in [-0.15, -0.1) is 5.98 Å². The molecular weight excluding hydrogens is 337 g/mol. The Morgan fingerprint density at radius 2 is 1.59 bits per heavy atom. The molecule has 5 heteroatoms. The van der Waals surface area contributed by atoms with E-state index in [1.54, 1.807) is 0 Å². The Morgan fingerprint density at radius 1 is 1.04 bits per heavy atom. The van der Waals surface area contributed by atoms with Gasteiger partial charge in [-0.3, -0.25) is 0 Å². The van der Waals surface area contributed by atoms with Gasteiger partial charge in [0, 0.05) is 13.1 Å². The highest BCUT2D eigenvalue weighted by molar-refractivity contribution is 6.67. The highest BCUT2D eigenvalue weighted by Gasteiger charge is 2.37. The summed E-state index contributed by atoms with van der Waals surface area (Å²) in [6.45, 7) is 10.1. The fourth-order valence-corrected chi connectivity index (χ4v) is 5.18. The van der Waals surface area contributed by atoms with Crippen LogP contribution in [0.1, 0.15) is 79.1 Å². The van der Waals surface area contributed by atoms with Gasteiger partial charge >= 0.3 is 6.09 Å². The van der Waals surface area contributed by atoms with Crippen molar-refractivity contribution in [2.75, 3.05) is 13.1 Å². The van der Waals surface area contributed by atoms with E-state index in [9.17, 15) is 4.79 Å². The maximum Gasteiger partial charge on any atom is 0.410 e. The minimum Gasteiger partial charge on any atom is -0.444 e. The highest BCUT2D eigenvalue weighted by atomic mass is 16.6. The van der Waals surface area contributed by atoms with Crippen LogP contribution in [-0.2, 0) is 9.47 Å². The molecule has 152 valence electrons. The van der Waals surface area contributed by atoms with Crippen LogP contribution in [0.5, 0.6) is 0 Å². The topological polar surface area (TPSA) is 38.8 Å². The Bertz CT molecular complexity index is 500. The largest absolute Gasteiger partial charge is 0.444 e. The van der Waals surface area contributed by atoms with Crippen molar-refractivity contribution in [3.8, 4) is 0 Å². The summed E-state index contributed by atoms with van der Waals surface area (Å²) in [5.74, 6) is 4.31. The molecule has 1 unspecified atom stereocenters. The number of nitrogens with zero attached hydrogens (tertiary/aromatic N) is 1. The average molecular weight is 375 g/mol. The molecular formula is C22H38BNO3. The lowest BCUT2D eigenvalue weighted by Gasteiger charge is -2.39. The average Bonchev–Trinajstić information content (AvgIpc) is 2.58. The molecule has 0 aromatic carbocycles. The second-order valence-corrected chi connectivity index (χ2v) is 9.85. The van der Waals surface area contributed by atoms with Gasteiger partial charge in [-0.2, -0.15) is 0 Å². The van der Waals surface area contributed by atoms with Crippen LogP contribution in [0.3, 0.4) is 0 Å². The van der Waals surface area contributed by atoms with Crippen molar-refractivity contribution in [2.45, 2.75) is 109 Å². The summed E-state index contributed by atoms with van der Waals surface area (Å²) in [5.41, 5.74) is -0.429. The maximum atomic E-state index is 12.2. The Hall–Kier alpha value is -0.965. The third-order valence-electron chi connectivity index (χ3n) is 6.49. The van der Waals surface area contributed by atoms with E-state index in [1.165, 1.54) is 38.5 Å². The first-order chi connectivity index (χ1) is 12.8. The highest BCUT2D eigenvalue weighted by Crippen LogP contribution is 2.46. The molecule has 1 amide bonds. The van der Waals surface area contributed by atoms with E-state index in [2.05, 4.69) is 19.0 Å². The van der Waals surface area contributed by atoms with Gasteiger partial charge in [0.25, 0.3) is 0 Å². The third kappa shape index (κ3) is 6.00. The second-order valence-electron chi connectivity index (χ2n) is 9.85. The minimum absolute atomic E-state index is 0.158. The number of carbonyl (C=O) groups is 1. The zero-order chi connectivity index (χ0) is 19.4. The number of rotatable bonds is 4. The smallest absolute Gasteiger partial charge is 0.410 e. The van der Waals surface area contributed by atoms with Gasteiger partial charge < -0.3 is 14.4 Å². The second kappa shape index (κ2) is 9.02. The molecule has 0 N–H and O–H groups in total. The van der Waals surface area contributed by atoms with Crippen molar-refractivity contribution < 1.29 is 14.3 Å². The van der Waals surface area contributed by atoms with Crippen molar-refractivity contribution in [2.24, 2.45) is 0 Å². The first kappa shape index (κ1) is 20.8. The van der Waals surface area contributed by atoms with E-state index >= 15 is 0 Å². The predicted molar refractivity (Wildman–Crippen MR) is 111 cm³/mol. The van der Waals surface area contributed by atoms with E-state index in [1.807, 2.05) is 25.7 Å². The molecule has 4 nitrogen and oxygen atoms in total. The molecule has 2 bridgehead atoms. The zero-order valence-electron chi connectivity index (χ0n) is 17.8. The van der Waals surface area contributed by atoms with Crippen LogP contribution in [0.25, 0.3) is 0 Å². The van der Waals surface area contributed by atoms with Crippen LogP contribution in [0.4, 0.5) is 4.79 Å². The zero-order valence-corrected chi connectivity index (χ0v) is 17.8. The first-order valence-electron chi connectivity index (χ1n) is 11.1. The molecule has 3 rings (SSSR count). The van der Waals surface area contributed by atoms with Gasteiger partial charge in [0.1, 0.15) is 5.60 Å².